The van der Waals surface area contributed by atoms with Crippen LogP contribution in [0.2, 0.25) is 0 Å². The predicted octanol–water partition coefficient (Wildman–Crippen LogP) is 12.2. The van der Waals surface area contributed by atoms with Gasteiger partial charge in [-0.3, -0.25) is 0 Å². The standard InChI is InChI=1S/C21H12Br9ClO4Si/c22-10-2-5-13(19(28)16(10)25)33-36(32-9-1-8-31,34-14-6-3-11(23)17(26)20(14)29)35-15-7-4-12(24)18(27)21(15)30/h2-7H,1,8-9H2. The van der Waals surface area contributed by atoms with Crippen molar-refractivity contribution in [2.24, 2.45) is 0 Å². The topological polar surface area (TPSA) is 36.9 Å². The number of benzene rings is 3. The highest BCUT2D eigenvalue weighted by Crippen LogP contribution is 2.44. The van der Waals surface area contributed by atoms with E-state index in [9.17, 15) is 0 Å². The zero-order chi connectivity index (χ0) is 26.6. The van der Waals surface area contributed by atoms with Crippen LogP contribution in [0.5, 0.6) is 17.2 Å². The first-order valence-electron chi connectivity index (χ1n) is 9.67. The maximum atomic E-state index is 6.51. The number of rotatable bonds is 10. The van der Waals surface area contributed by atoms with E-state index in [1.807, 2.05) is 18.2 Å². The lowest BCUT2D eigenvalue weighted by Crippen LogP contribution is -2.58. The molecule has 0 aromatic heterocycles. The van der Waals surface area contributed by atoms with E-state index in [1.165, 1.54) is 0 Å². The van der Waals surface area contributed by atoms with E-state index in [2.05, 4.69) is 143 Å². The lowest BCUT2D eigenvalue weighted by Gasteiger charge is -2.30. The number of halogens is 10. The first kappa shape index (κ1) is 32.4. The molecule has 0 radical (unpaired) electrons. The van der Waals surface area contributed by atoms with Gasteiger partial charge in [-0.15, -0.1) is 11.6 Å². The van der Waals surface area contributed by atoms with Gasteiger partial charge in [-0.05, 0) is 186 Å². The fourth-order valence-corrected chi connectivity index (χ4v) is 9.19. The molecule has 0 N–H and O–H groups in total. The van der Waals surface area contributed by atoms with Crippen molar-refractivity contribution < 1.29 is 17.7 Å². The van der Waals surface area contributed by atoms with Gasteiger partial charge in [0.05, 0.1) is 13.4 Å². The zero-order valence-corrected chi connectivity index (χ0v) is 33.5. The van der Waals surface area contributed by atoms with Crippen molar-refractivity contribution >= 4 is 164 Å². The molecule has 0 aliphatic rings. The predicted molar refractivity (Wildman–Crippen MR) is 178 cm³/mol. The summed E-state index contributed by atoms with van der Waals surface area (Å²) in [6, 6.07) is 10.9. The molecule has 0 fully saturated rings. The maximum Gasteiger partial charge on any atom is 0.893 e. The molecule has 0 saturated heterocycles. The molecular formula is C21H12Br9ClO4Si. The van der Waals surface area contributed by atoms with Gasteiger partial charge in [-0.1, -0.05) is 0 Å². The molecule has 0 heterocycles. The van der Waals surface area contributed by atoms with Crippen LogP contribution in [-0.4, -0.2) is 21.5 Å². The Labute approximate surface area is 290 Å². The summed E-state index contributed by atoms with van der Waals surface area (Å²) in [7, 11) is -4.03. The lowest BCUT2D eigenvalue weighted by molar-refractivity contribution is 0.0904. The largest absolute Gasteiger partial charge is 0.893 e. The van der Waals surface area contributed by atoms with Gasteiger partial charge in [0.15, 0.2) is 0 Å². The van der Waals surface area contributed by atoms with Crippen molar-refractivity contribution in [3.63, 3.8) is 0 Å². The fraction of sp³-hybridized carbons (Fsp3) is 0.143. The second-order valence-electron chi connectivity index (χ2n) is 6.72. The molecule has 194 valence electrons. The Bertz CT molecular complexity index is 1120. The third-order valence-electron chi connectivity index (χ3n) is 4.26. The molecule has 0 aliphatic carbocycles. The van der Waals surface area contributed by atoms with Gasteiger partial charge in [0.25, 0.3) is 0 Å². The summed E-state index contributed by atoms with van der Waals surface area (Å²) in [6.07, 6.45) is 0.563. The third-order valence-corrected chi connectivity index (χ3v) is 16.5. The Hall–Kier alpha value is 1.85. The van der Waals surface area contributed by atoms with E-state index in [0.29, 0.717) is 43.0 Å². The summed E-state index contributed by atoms with van der Waals surface area (Å²) < 4.78 is 32.7. The Morgan fingerprint density at radius 2 is 0.861 bits per heavy atom. The third kappa shape index (κ3) is 7.98. The van der Waals surface area contributed by atoms with Crippen LogP contribution in [0.4, 0.5) is 0 Å². The molecule has 15 heteroatoms. The van der Waals surface area contributed by atoms with Crippen LogP contribution in [0, 0.1) is 0 Å². The Kier molecular flexibility index (Phi) is 13.2. The van der Waals surface area contributed by atoms with Gasteiger partial charge in [0.1, 0.15) is 17.2 Å². The van der Waals surface area contributed by atoms with E-state index >= 15 is 0 Å². The molecule has 0 amide bonds. The van der Waals surface area contributed by atoms with Crippen LogP contribution in [0.3, 0.4) is 0 Å². The van der Waals surface area contributed by atoms with Crippen molar-refractivity contribution in [1.29, 1.82) is 0 Å². The second-order valence-corrected chi connectivity index (χ2v) is 16.3. The summed E-state index contributed by atoms with van der Waals surface area (Å²) in [4.78, 5) is 0. The zero-order valence-electron chi connectivity index (χ0n) is 17.5. The highest BCUT2D eigenvalue weighted by atomic mass is 79.9. The van der Waals surface area contributed by atoms with Gasteiger partial charge >= 0.3 is 9.05 Å². The average Bonchev–Trinajstić information content (AvgIpc) is 2.85. The highest BCUT2D eigenvalue weighted by molar-refractivity contribution is 9.15. The average molecular weight is 1110 g/mol. The van der Waals surface area contributed by atoms with E-state index in [1.54, 1.807) is 18.2 Å². The maximum absolute atomic E-state index is 6.51. The van der Waals surface area contributed by atoms with Gasteiger partial charge in [0.2, 0.25) is 0 Å². The summed E-state index contributed by atoms with van der Waals surface area (Å²) in [5.74, 6) is 1.78. The first-order valence-corrected chi connectivity index (χ1v) is 19.0. The van der Waals surface area contributed by atoms with E-state index in [0.717, 1.165) is 26.8 Å². The van der Waals surface area contributed by atoms with Crippen LogP contribution < -0.4 is 13.3 Å². The van der Waals surface area contributed by atoms with Crippen molar-refractivity contribution in [2.45, 2.75) is 6.42 Å². The molecule has 4 nitrogen and oxygen atoms in total. The van der Waals surface area contributed by atoms with Gasteiger partial charge in [-0.2, -0.15) is 0 Å². The quantitative estimate of drug-likeness (QED) is 0.0877. The number of hydrogen-bond donors (Lipinski definition) is 0. The molecule has 0 saturated carbocycles. The van der Waals surface area contributed by atoms with Crippen molar-refractivity contribution in [1.82, 2.24) is 0 Å². The molecule has 36 heavy (non-hydrogen) atoms. The Morgan fingerprint density at radius 3 is 1.17 bits per heavy atom. The highest BCUT2D eigenvalue weighted by Gasteiger charge is 2.56. The van der Waals surface area contributed by atoms with E-state index in [4.69, 9.17) is 29.3 Å². The summed E-state index contributed by atoms with van der Waals surface area (Å²) >= 11 is 37.9. The van der Waals surface area contributed by atoms with E-state index < -0.39 is 9.05 Å². The molecule has 0 bridgehead atoms. The van der Waals surface area contributed by atoms with Crippen LogP contribution in [0.15, 0.2) is 76.7 Å². The van der Waals surface area contributed by atoms with Gasteiger partial charge < -0.3 is 17.7 Å². The van der Waals surface area contributed by atoms with Crippen LogP contribution in [-0.2, 0) is 4.43 Å². The molecule has 3 rings (SSSR count). The molecule has 0 unspecified atom stereocenters. The monoisotopic (exact) mass is 1100 g/mol. The summed E-state index contributed by atoms with van der Waals surface area (Å²) in [5.41, 5.74) is 0. The minimum atomic E-state index is -4.03. The fourth-order valence-electron chi connectivity index (χ4n) is 2.57. The van der Waals surface area contributed by atoms with Crippen LogP contribution in [0.1, 0.15) is 6.42 Å². The van der Waals surface area contributed by atoms with Gasteiger partial charge in [0, 0.05) is 39.3 Å². The first-order chi connectivity index (χ1) is 17.0. The van der Waals surface area contributed by atoms with Crippen LogP contribution in [0.25, 0.3) is 0 Å². The Morgan fingerprint density at radius 1 is 0.528 bits per heavy atom. The van der Waals surface area contributed by atoms with Gasteiger partial charge in [-0.25, -0.2) is 0 Å². The van der Waals surface area contributed by atoms with Crippen molar-refractivity contribution in [2.75, 3.05) is 12.5 Å². The molecule has 3 aromatic carbocycles. The molecule has 0 aliphatic heterocycles. The summed E-state index contributed by atoms with van der Waals surface area (Å²) in [5, 5.41) is 0. The molecular weight excluding hydrogens is 1100 g/mol. The minimum Gasteiger partial charge on any atom is -0.460 e. The number of alkyl halides is 1. The number of hydrogen-bond acceptors (Lipinski definition) is 4. The molecule has 0 atom stereocenters. The minimum absolute atomic E-state index is 0.246. The smallest absolute Gasteiger partial charge is 0.460 e. The normalized spacial score (nSPS) is 11.5. The summed E-state index contributed by atoms with van der Waals surface area (Å²) in [6.45, 7) is 0.246. The SMILES string of the molecule is ClCCCO[Si](Oc1ccc(Br)c(Br)c1Br)(Oc1ccc(Br)c(Br)c1Br)Oc1ccc(Br)c(Br)c1Br. The molecule has 0 spiro atoms. The van der Waals surface area contributed by atoms with Crippen LogP contribution >= 0.6 is 155 Å². The Balaban J connectivity index is 2.18. The van der Waals surface area contributed by atoms with Crippen molar-refractivity contribution in [3.05, 3.63) is 76.7 Å². The van der Waals surface area contributed by atoms with E-state index in [-0.39, 0.29) is 6.61 Å². The van der Waals surface area contributed by atoms with Crippen molar-refractivity contribution in [3.8, 4) is 17.2 Å². The molecule has 3 aromatic rings. The lowest BCUT2D eigenvalue weighted by atomic mass is 10.3. The second kappa shape index (κ2) is 14.7.